The fourth-order valence-electron chi connectivity index (χ4n) is 2.01. The molecule has 0 aliphatic carbocycles. The Labute approximate surface area is 118 Å². The van der Waals surface area contributed by atoms with E-state index in [4.69, 9.17) is 4.74 Å². The minimum absolute atomic E-state index is 0.315. The normalized spacial score (nSPS) is 15.8. The van der Waals surface area contributed by atoms with Crippen molar-refractivity contribution in [3.63, 3.8) is 0 Å². The standard InChI is InChI=1S/C15H19FN2O2/c1-15(2,3)20-14(19)18-6-4-11(5-7-18)12-8-13(16)10-17-9-12/h4,8-10H,5-7H2,1-3H3. The van der Waals surface area contributed by atoms with Crippen molar-refractivity contribution < 1.29 is 13.9 Å². The Morgan fingerprint density at radius 3 is 2.70 bits per heavy atom. The molecule has 1 aromatic rings. The zero-order chi connectivity index (χ0) is 14.8. The summed E-state index contributed by atoms with van der Waals surface area (Å²) >= 11 is 0. The maximum atomic E-state index is 13.1. The molecule has 2 heterocycles. The first-order chi connectivity index (χ1) is 9.35. The third-order valence-electron chi connectivity index (χ3n) is 2.94. The smallest absolute Gasteiger partial charge is 0.410 e. The summed E-state index contributed by atoms with van der Waals surface area (Å²) in [6.45, 7) is 6.57. The van der Waals surface area contributed by atoms with Crippen LogP contribution < -0.4 is 0 Å². The van der Waals surface area contributed by atoms with Gasteiger partial charge in [-0.05, 0) is 44.4 Å². The summed E-state index contributed by atoms with van der Waals surface area (Å²) in [7, 11) is 0. The molecule has 0 saturated carbocycles. The molecule has 0 unspecified atom stereocenters. The molecule has 0 spiro atoms. The number of carbonyl (C=O) groups is 1. The number of hydrogen-bond acceptors (Lipinski definition) is 3. The molecule has 5 heteroatoms. The number of ether oxygens (including phenoxy) is 1. The Hall–Kier alpha value is -1.91. The number of halogens is 1. The van der Waals surface area contributed by atoms with Gasteiger partial charge in [0.15, 0.2) is 0 Å². The van der Waals surface area contributed by atoms with Gasteiger partial charge in [-0.25, -0.2) is 9.18 Å². The second kappa shape index (κ2) is 5.61. The van der Waals surface area contributed by atoms with Gasteiger partial charge in [0, 0.05) is 19.3 Å². The lowest BCUT2D eigenvalue weighted by Crippen LogP contribution is -2.39. The van der Waals surface area contributed by atoms with Crippen molar-refractivity contribution in [1.29, 1.82) is 0 Å². The van der Waals surface area contributed by atoms with Crippen molar-refractivity contribution in [2.75, 3.05) is 13.1 Å². The molecule has 2 rings (SSSR count). The van der Waals surface area contributed by atoms with Crippen LogP contribution in [0.15, 0.2) is 24.5 Å². The van der Waals surface area contributed by atoms with Crippen LogP contribution >= 0.6 is 0 Å². The van der Waals surface area contributed by atoms with Crippen LogP contribution in [0.2, 0.25) is 0 Å². The van der Waals surface area contributed by atoms with Gasteiger partial charge in [0.05, 0.1) is 6.20 Å². The number of nitrogens with zero attached hydrogens (tertiary/aromatic N) is 2. The Morgan fingerprint density at radius 2 is 2.15 bits per heavy atom. The fraction of sp³-hybridized carbons (Fsp3) is 0.467. The zero-order valence-electron chi connectivity index (χ0n) is 12.0. The minimum atomic E-state index is -0.493. The van der Waals surface area contributed by atoms with Gasteiger partial charge in [0.25, 0.3) is 0 Å². The van der Waals surface area contributed by atoms with E-state index in [0.29, 0.717) is 19.5 Å². The SMILES string of the molecule is CC(C)(C)OC(=O)N1CC=C(c2cncc(F)c2)CC1. The summed E-state index contributed by atoms with van der Waals surface area (Å²) in [6.07, 6.45) is 5.09. The average Bonchev–Trinajstić information content (AvgIpc) is 2.37. The maximum absolute atomic E-state index is 13.1. The van der Waals surface area contributed by atoms with Gasteiger partial charge in [-0.1, -0.05) is 6.08 Å². The van der Waals surface area contributed by atoms with Crippen LogP contribution in [0.1, 0.15) is 32.8 Å². The van der Waals surface area contributed by atoms with E-state index in [-0.39, 0.29) is 11.9 Å². The topological polar surface area (TPSA) is 42.4 Å². The van der Waals surface area contributed by atoms with Crippen LogP contribution in [0, 0.1) is 5.82 Å². The summed E-state index contributed by atoms with van der Waals surface area (Å²) in [5.74, 6) is -0.349. The van der Waals surface area contributed by atoms with Crippen LogP contribution in [0.3, 0.4) is 0 Å². The Bertz CT molecular complexity index is 535. The van der Waals surface area contributed by atoms with Crippen molar-refractivity contribution in [2.24, 2.45) is 0 Å². The number of hydrogen-bond donors (Lipinski definition) is 0. The van der Waals surface area contributed by atoms with Gasteiger partial charge >= 0.3 is 6.09 Å². The van der Waals surface area contributed by atoms with E-state index in [0.717, 1.165) is 11.1 Å². The quantitative estimate of drug-likeness (QED) is 0.792. The fourth-order valence-corrected chi connectivity index (χ4v) is 2.01. The molecule has 0 atom stereocenters. The summed E-state index contributed by atoms with van der Waals surface area (Å²) in [4.78, 5) is 17.4. The van der Waals surface area contributed by atoms with Gasteiger partial charge in [0.2, 0.25) is 0 Å². The second-order valence-electron chi connectivity index (χ2n) is 5.80. The third kappa shape index (κ3) is 3.79. The molecule has 0 fully saturated rings. The zero-order valence-corrected chi connectivity index (χ0v) is 12.0. The Morgan fingerprint density at radius 1 is 1.40 bits per heavy atom. The van der Waals surface area contributed by atoms with Crippen molar-refractivity contribution in [3.05, 3.63) is 35.9 Å². The number of amides is 1. The van der Waals surface area contributed by atoms with Gasteiger partial charge < -0.3 is 9.64 Å². The lowest BCUT2D eigenvalue weighted by molar-refractivity contribution is 0.0270. The molecule has 0 saturated heterocycles. The maximum Gasteiger partial charge on any atom is 0.410 e. The van der Waals surface area contributed by atoms with Gasteiger partial charge in [0.1, 0.15) is 11.4 Å². The summed E-state index contributed by atoms with van der Waals surface area (Å²) in [5.41, 5.74) is 1.29. The van der Waals surface area contributed by atoms with Crippen LogP contribution in [0.5, 0.6) is 0 Å². The van der Waals surface area contributed by atoms with Gasteiger partial charge in [-0.15, -0.1) is 0 Å². The van der Waals surface area contributed by atoms with E-state index in [1.165, 1.54) is 12.3 Å². The van der Waals surface area contributed by atoms with Crippen molar-refractivity contribution >= 4 is 11.7 Å². The molecular formula is C15H19FN2O2. The summed E-state index contributed by atoms with van der Waals surface area (Å²) in [5, 5.41) is 0. The number of rotatable bonds is 1. The highest BCUT2D eigenvalue weighted by Crippen LogP contribution is 2.23. The van der Waals surface area contributed by atoms with Crippen LogP contribution in [0.4, 0.5) is 9.18 Å². The van der Waals surface area contributed by atoms with Crippen LogP contribution in [-0.4, -0.2) is 34.7 Å². The van der Waals surface area contributed by atoms with E-state index in [9.17, 15) is 9.18 Å². The molecule has 0 bridgehead atoms. The van der Waals surface area contributed by atoms with E-state index in [1.54, 1.807) is 11.1 Å². The first kappa shape index (κ1) is 14.5. The van der Waals surface area contributed by atoms with E-state index >= 15 is 0 Å². The molecule has 0 radical (unpaired) electrons. The predicted molar refractivity (Wildman–Crippen MR) is 74.6 cm³/mol. The Kier molecular flexibility index (Phi) is 4.06. The summed E-state index contributed by atoms with van der Waals surface area (Å²) < 4.78 is 18.5. The molecule has 108 valence electrons. The second-order valence-corrected chi connectivity index (χ2v) is 5.80. The molecule has 1 aliphatic rings. The highest BCUT2D eigenvalue weighted by molar-refractivity contribution is 5.72. The third-order valence-corrected chi connectivity index (χ3v) is 2.94. The number of carbonyl (C=O) groups excluding carboxylic acids is 1. The Balaban J connectivity index is 2.02. The van der Waals surface area contributed by atoms with E-state index in [2.05, 4.69) is 4.98 Å². The lowest BCUT2D eigenvalue weighted by Gasteiger charge is -2.29. The first-order valence-corrected chi connectivity index (χ1v) is 6.63. The minimum Gasteiger partial charge on any atom is -0.444 e. The molecule has 20 heavy (non-hydrogen) atoms. The molecule has 1 aliphatic heterocycles. The van der Waals surface area contributed by atoms with Crippen molar-refractivity contribution in [2.45, 2.75) is 32.8 Å². The summed E-state index contributed by atoms with van der Waals surface area (Å²) in [6, 6.07) is 1.46. The average molecular weight is 278 g/mol. The van der Waals surface area contributed by atoms with E-state index < -0.39 is 5.60 Å². The number of aromatic nitrogens is 1. The molecule has 4 nitrogen and oxygen atoms in total. The molecule has 1 amide bonds. The van der Waals surface area contributed by atoms with Crippen LogP contribution in [-0.2, 0) is 4.74 Å². The largest absolute Gasteiger partial charge is 0.444 e. The first-order valence-electron chi connectivity index (χ1n) is 6.63. The highest BCUT2D eigenvalue weighted by atomic mass is 19.1. The van der Waals surface area contributed by atoms with E-state index in [1.807, 2.05) is 26.8 Å². The van der Waals surface area contributed by atoms with Gasteiger partial charge in [-0.2, -0.15) is 0 Å². The van der Waals surface area contributed by atoms with Crippen molar-refractivity contribution in [1.82, 2.24) is 9.88 Å². The van der Waals surface area contributed by atoms with Gasteiger partial charge in [-0.3, -0.25) is 4.98 Å². The predicted octanol–water partition coefficient (Wildman–Crippen LogP) is 3.24. The molecule has 0 aromatic carbocycles. The molecule has 0 N–H and O–H groups in total. The molecular weight excluding hydrogens is 259 g/mol. The number of pyridine rings is 1. The highest BCUT2D eigenvalue weighted by Gasteiger charge is 2.23. The monoisotopic (exact) mass is 278 g/mol. The van der Waals surface area contributed by atoms with Crippen molar-refractivity contribution in [3.8, 4) is 0 Å². The lowest BCUT2D eigenvalue weighted by atomic mass is 10.0. The molecule has 1 aromatic heterocycles. The van der Waals surface area contributed by atoms with Crippen LogP contribution in [0.25, 0.3) is 5.57 Å².